The molecule has 0 heterocycles. The predicted octanol–water partition coefficient (Wildman–Crippen LogP) is 3.44. The van der Waals surface area contributed by atoms with Crippen LogP contribution in [0.15, 0.2) is 60.7 Å². The number of methoxy groups -OCH3 is 1. The van der Waals surface area contributed by atoms with Gasteiger partial charge in [0.2, 0.25) is 0 Å². The Balaban J connectivity index is 2.16. The van der Waals surface area contributed by atoms with Gasteiger partial charge in [0, 0.05) is 5.92 Å². The second-order valence-corrected chi connectivity index (χ2v) is 6.80. The lowest BCUT2D eigenvalue weighted by Crippen LogP contribution is -2.42. The van der Waals surface area contributed by atoms with Gasteiger partial charge in [-0.3, -0.25) is 9.59 Å². The smallest absolute Gasteiger partial charge is 0.338 e. The van der Waals surface area contributed by atoms with Crippen molar-refractivity contribution in [2.24, 2.45) is 11.8 Å². The fraction of sp³-hybridized carbons (Fsp3) is 0.348. The Morgan fingerprint density at radius 2 is 1.55 bits per heavy atom. The SMILES string of the molecule is COC(=O)[C@H](C)[C@@H](OCc1ccccc1)[C@@H](C)[C@H](C=O)OC(=O)c1ccccc1. The van der Waals surface area contributed by atoms with Crippen LogP contribution in [0.25, 0.3) is 0 Å². The minimum Gasteiger partial charge on any atom is -0.469 e. The molecule has 0 bridgehead atoms. The van der Waals surface area contributed by atoms with Gasteiger partial charge in [-0.05, 0) is 24.6 Å². The van der Waals surface area contributed by atoms with E-state index in [1.165, 1.54) is 7.11 Å². The second-order valence-electron chi connectivity index (χ2n) is 6.80. The summed E-state index contributed by atoms with van der Waals surface area (Å²) < 4.78 is 16.2. The van der Waals surface area contributed by atoms with E-state index in [1.54, 1.807) is 44.2 Å². The van der Waals surface area contributed by atoms with Crippen LogP contribution in [0.4, 0.5) is 0 Å². The highest BCUT2D eigenvalue weighted by atomic mass is 16.6. The Morgan fingerprint density at radius 1 is 0.966 bits per heavy atom. The zero-order valence-electron chi connectivity index (χ0n) is 16.8. The van der Waals surface area contributed by atoms with E-state index in [2.05, 4.69) is 0 Å². The molecule has 2 aromatic rings. The van der Waals surface area contributed by atoms with Crippen molar-refractivity contribution < 1.29 is 28.6 Å². The Bertz CT molecular complexity index is 790. The molecular weight excluding hydrogens is 372 g/mol. The maximum Gasteiger partial charge on any atom is 0.338 e. The first-order valence-electron chi connectivity index (χ1n) is 9.42. The van der Waals surface area contributed by atoms with E-state index >= 15 is 0 Å². The van der Waals surface area contributed by atoms with Gasteiger partial charge >= 0.3 is 11.9 Å². The van der Waals surface area contributed by atoms with Crippen LogP contribution in [-0.4, -0.2) is 37.5 Å². The molecule has 2 aromatic carbocycles. The highest BCUT2D eigenvalue weighted by Gasteiger charge is 2.36. The van der Waals surface area contributed by atoms with Crippen molar-refractivity contribution in [3.8, 4) is 0 Å². The average Bonchev–Trinajstić information content (AvgIpc) is 2.77. The summed E-state index contributed by atoms with van der Waals surface area (Å²) in [5.41, 5.74) is 1.26. The quantitative estimate of drug-likeness (QED) is 0.451. The summed E-state index contributed by atoms with van der Waals surface area (Å²) in [6.45, 7) is 3.63. The first-order chi connectivity index (χ1) is 14.0. The maximum atomic E-state index is 12.4. The van der Waals surface area contributed by atoms with Gasteiger partial charge in [0.05, 0.1) is 31.3 Å². The maximum absolute atomic E-state index is 12.4. The fourth-order valence-electron chi connectivity index (χ4n) is 3.05. The monoisotopic (exact) mass is 398 g/mol. The lowest BCUT2D eigenvalue weighted by Gasteiger charge is -2.31. The molecule has 154 valence electrons. The van der Waals surface area contributed by atoms with Crippen molar-refractivity contribution in [2.45, 2.75) is 32.7 Å². The summed E-state index contributed by atoms with van der Waals surface area (Å²) in [6, 6.07) is 17.9. The van der Waals surface area contributed by atoms with Crippen molar-refractivity contribution in [3.63, 3.8) is 0 Å². The summed E-state index contributed by atoms with van der Waals surface area (Å²) in [4.78, 5) is 36.2. The minimum absolute atomic E-state index is 0.245. The van der Waals surface area contributed by atoms with E-state index < -0.39 is 36.0 Å². The number of esters is 2. The Kier molecular flexibility index (Phi) is 8.55. The van der Waals surface area contributed by atoms with Gasteiger partial charge in [0.25, 0.3) is 0 Å². The third-order valence-electron chi connectivity index (χ3n) is 4.77. The number of carbonyl (C=O) groups is 3. The lowest BCUT2D eigenvalue weighted by molar-refractivity contribution is -0.156. The largest absolute Gasteiger partial charge is 0.469 e. The number of hydrogen-bond acceptors (Lipinski definition) is 6. The molecule has 0 fully saturated rings. The molecule has 0 aliphatic rings. The third-order valence-corrected chi connectivity index (χ3v) is 4.77. The van der Waals surface area contributed by atoms with Crippen LogP contribution in [0.5, 0.6) is 0 Å². The zero-order valence-corrected chi connectivity index (χ0v) is 16.8. The predicted molar refractivity (Wildman–Crippen MR) is 107 cm³/mol. The van der Waals surface area contributed by atoms with Gasteiger partial charge in [-0.25, -0.2) is 4.79 Å². The Morgan fingerprint density at radius 3 is 2.10 bits per heavy atom. The van der Waals surface area contributed by atoms with Gasteiger partial charge < -0.3 is 14.2 Å². The normalized spacial score (nSPS) is 14.9. The van der Waals surface area contributed by atoms with E-state index in [9.17, 15) is 14.4 Å². The highest BCUT2D eigenvalue weighted by molar-refractivity contribution is 5.90. The number of hydrogen-bond donors (Lipinski definition) is 0. The van der Waals surface area contributed by atoms with Crippen molar-refractivity contribution in [1.29, 1.82) is 0 Å². The molecule has 6 heteroatoms. The van der Waals surface area contributed by atoms with Crippen LogP contribution < -0.4 is 0 Å². The molecule has 6 nitrogen and oxygen atoms in total. The molecule has 0 N–H and O–H groups in total. The first kappa shape index (κ1) is 22.3. The molecule has 0 spiro atoms. The number of carbonyl (C=O) groups excluding carboxylic acids is 3. The Labute approximate surface area is 170 Å². The molecule has 0 saturated heterocycles. The summed E-state index contributed by atoms with van der Waals surface area (Å²) in [5, 5.41) is 0. The van der Waals surface area contributed by atoms with Crippen molar-refractivity contribution in [2.75, 3.05) is 7.11 Å². The summed E-state index contributed by atoms with van der Waals surface area (Å²) >= 11 is 0. The molecule has 0 saturated carbocycles. The molecule has 0 aliphatic heterocycles. The number of aldehydes is 1. The Hall–Kier alpha value is -2.99. The molecular formula is C23H26O6. The molecule has 2 rings (SSSR count). The van der Waals surface area contributed by atoms with E-state index in [0.29, 0.717) is 11.8 Å². The lowest BCUT2D eigenvalue weighted by atomic mass is 9.89. The second kappa shape index (κ2) is 11.1. The molecule has 29 heavy (non-hydrogen) atoms. The van der Waals surface area contributed by atoms with E-state index in [0.717, 1.165) is 5.56 Å². The summed E-state index contributed by atoms with van der Waals surface area (Å²) in [6.07, 6.45) is -1.20. The van der Waals surface area contributed by atoms with Gasteiger partial charge in [0.1, 0.15) is 0 Å². The van der Waals surface area contributed by atoms with Crippen molar-refractivity contribution in [1.82, 2.24) is 0 Å². The fourth-order valence-corrected chi connectivity index (χ4v) is 3.05. The van der Waals surface area contributed by atoms with Gasteiger partial charge in [-0.1, -0.05) is 55.5 Å². The standard InChI is InChI=1S/C23H26O6/c1-16(20(14-24)29-23(26)19-12-8-5-9-13-19)21(17(2)22(25)27-3)28-15-18-10-6-4-7-11-18/h4-14,16-17,20-21H,15H2,1-3H3/t16-,17+,20-,21-/m0/s1. The van der Waals surface area contributed by atoms with Crippen molar-refractivity contribution in [3.05, 3.63) is 71.8 Å². The minimum atomic E-state index is -1.07. The van der Waals surface area contributed by atoms with Gasteiger partial charge in [-0.2, -0.15) is 0 Å². The van der Waals surface area contributed by atoms with Crippen molar-refractivity contribution >= 4 is 18.2 Å². The number of ether oxygens (including phenoxy) is 3. The number of rotatable bonds is 10. The molecule has 0 aliphatic carbocycles. The van der Waals surface area contributed by atoms with Crippen LogP contribution >= 0.6 is 0 Å². The van der Waals surface area contributed by atoms with Gasteiger partial charge in [0.15, 0.2) is 12.4 Å². The third kappa shape index (κ3) is 6.26. The topological polar surface area (TPSA) is 78.9 Å². The molecule has 0 aromatic heterocycles. The van der Waals surface area contributed by atoms with Crippen LogP contribution in [0, 0.1) is 11.8 Å². The van der Waals surface area contributed by atoms with Crippen LogP contribution in [0.3, 0.4) is 0 Å². The summed E-state index contributed by atoms with van der Waals surface area (Å²) in [7, 11) is 1.30. The molecule has 4 atom stereocenters. The van der Waals surface area contributed by atoms with E-state index in [-0.39, 0.29) is 6.61 Å². The van der Waals surface area contributed by atoms with E-state index in [1.807, 2.05) is 30.3 Å². The average molecular weight is 398 g/mol. The van der Waals surface area contributed by atoms with Gasteiger partial charge in [-0.15, -0.1) is 0 Å². The molecule has 0 radical (unpaired) electrons. The number of benzene rings is 2. The van der Waals surface area contributed by atoms with Crippen LogP contribution in [-0.2, 0) is 30.4 Å². The molecule has 0 amide bonds. The van der Waals surface area contributed by atoms with Crippen LogP contribution in [0.1, 0.15) is 29.8 Å². The molecule has 0 unspecified atom stereocenters. The van der Waals surface area contributed by atoms with E-state index in [4.69, 9.17) is 14.2 Å². The highest BCUT2D eigenvalue weighted by Crippen LogP contribution is 2.24. The van der Waals surface area contributed by atoms with Crippen LogP contribution in [0.2, 0.25) is 0 Å². The summed E-state index contributed by atoms with van der Waals surface area (Å²) in [5.74, 6) is -2.30. The zero-order chi connectivity index (χ0) is 21.2. The first-order valence-corrected chi connectivity index (χ1v) is 9.42.